The number of tetrazole rings is 1. The van der Waals surface area contributed by atoms with Gasteiger partial charge in [-0.1, -0.05) is 0 Å². The predicted octanol–water partition coefficient (Wildman–Crippen LogP) is 0.615. The summed E-state index contributed by atoms with van der Waals surface area (Å²) in [4.78, 5) is 11.1. The molecule has 0 fully saturated rings. The van der Waals surface area contributed by atoms with Crippen LogP contribution in [-0.4, -0.2) is 31.2 Å². The Morgan fingerprint density at radius 2 is 2.29 bits per heavy atom. The molecule has 2 N–H and O–H groups in total. The Labute approximate surface area is 102 Å². The molecule has 7 nitrogen and oxygen atoms in total. The SMILES string of the molecule is CC(=O)Nc1ccc(O)cc1-n1nnnc1S. The maximum atomic E-state index is 11.1. The Kier molecular flexibility index (Phi) is 2.96. The first-order chi connectivity index (χ1) is 8.08. The molecule has 8 heteroatoms. The van der Waals surface area contributed by atoms with Gasteiger partial charge in [-0.3, -0.25) is 4.79 Å². The third-order valence-electron chi connectivity index (χ3n) is 1.97. The number of phenolic OH excluding ortho intramolecular Hbond substituents is 1. The molecule has 1 heterocycles. The van der Waals surface area contributed by atoms with Crippen molar-refractivity contribution >= 4 is 24.2 Å². The lowest BCUT2D eigenvalue weighted by molar-refractivity contribution is -0.114. The second kappa shape index (κ2) is 4.42. The van der Waals surface area contributed by atoms with E-state index < -0.39 is 0 Å². The summed E-state index contributed by atoms with van der Waals surface area (Å²) in [5.74, 6) is -0.192. The van der Waals surface area contributed by atoms with Crippen LogP contribution in [0, 0.1) is 0 Å². The van der Waals surface area contributed by atoms with Crippen molar-refractivity contribution in [1.29, 1.82) is 0 Å². The third kappa shape index (κ3) is 2.36. The van der Waals surface area contributed by atoms with Crippen molar-refractivity contribution in [1.82, 2.24) is 20.2 Å². The summed E-state index contributed by atoms with van der Waals surface area (Å²) in [6.45, 7) is 1.39. The highest BCUT2D eigenvalue weighted by atomic mass is 32.1. The van der Waals surface area contributed by atoms with Crippen molar-refractivity contribution in [3.8, 4) is 11.4 Å². The van der Waals surface area contributed by atoms with Gasteiger partial charge in [-0.25, -0.2) is 0 Å². The molecule has 0 aliphatic carbocycles. The Morgan fingerprint density at radius 3 is 2.88 bits per heavy atom. The molecule has 0 atom stereocenters. The third-order valence-corrected chi connectivity index (χ3v) is 2.25. The van der Waals surface area contributed by atoms with E-state index in [0.717, 1.165) is 0 Å². The first-order valence-corrected chi connectivity index (χ1v) is 5.11. The molecule has 2 aromatic rings. The van der Waals surface area contributed by atoms with Crippen LogP contribution in [0.3, 0.4) is 0 Å². The van der Waals surface area contributed by atoms with Gasteiger partial charge in [0.2, 0.25) is 11.1 Å². The molecule has 0 aliphatic rings. The maximum Gasteiger partial charge on any atom is 0.221 e. The molecule has 1 aromatic heterocycles. The fourth-order valence-electron chi connectivity index (χ4n) is 1.33. The van der Waals surface area contributed by atoms with Crippen LogP contribution in [0.5, 0.6) is 5.75 Å². The molecule has 0 saturated carbocycles. The van der Waals surface area contributed by atoms with Crippen LogP contribution in [0.1, 0.15) is 6.92 Å². The van der Waals surface area contributed by atoms with Crippen LogP contribution in [0.2, 0.25) is 0 Å². The highest BCUT2D eigenvalue weighted by Crippen LogP contribution is 2.25. The van der Waals surface area contributed by atoms with E-state index in [0.29, 0.717) is 11.4 Å². The van der Waals surface area contributed by atoms with E-state index in [9.17, 15) is 9.90 Å². The van der Waals surface area contributed by atoms with Crippen LogP contribution in [0.15, 0.2) is 23.4 Å². The molecular formula is C9H9N5O2S. The minimum Gasteiger partial charge on any atom is -0.508 e. The Hall–Kier alpha value is -2.09. The van der Waals surface area contributed by atoms with Crippen molar-refractivity contribution < 1.29 is 9.90 Å². The predicted molar refractivity (Wildman–Crippen MR) is 62.4 cm³/mol. The number of carbonyl (C=O) groups excluding carboxylic acids is 1. The lowest BCUT2D eigenvalue weighted by atomic mass is 10.2. The van der Waals surface area contributed by atoms with Gasteiger partial charge in [0.25, 0.3) is 0 Å². The van der Waals surface area contributed by atoms with E-state index in [1.807, 2.05) is 0 Å². The minimum absolute atomic E-state index is 0.0392. The van der Waals surface area contributed by atoms with Crippen molar-refractivity contribution in [2.75, 3.05) is 5.32 Å². The molecular weight excluding hydrogens is 242 g/mol. The van der Waals surface area contributed by atoms with E-state index >= 15 is 0 Å². The van der Waals surface area contributed by atoms with Gasteiger partial charge in [0.15, 0.2) is 0 Å². The molecule has 0 unspecified atom stereocenters. The lowest BCUT2D eigenvalue weighted by Crippen LogP contribution is -2.10. The molecule has 0 radical (unpaired) electrons. The highest BCUT2D eigenvalue weighted by molar-refractivity contribution is 7.80. The Bertz CT molecular complexity index is 568. The molecule has 2 rings (SSSR count). The van der Waals surface area contributed by atoms with Crippen LogP contribution < -0.4 is 5.32 Å². The van der Waals surface area contributed by atoms with E-state index in [-0.39, 0.29) is 16.8 Å². The van der Waals surface area contributed by atoms with Gasteiger partial charge in [0.1, 0.15) is 5.75 Å². The van der Waals surface area contributed by atoms with Crippen molar-refractivity contribution in [3.63, 3.8) is 0 Å². The number of anilines is 1. The molecule has 1 aromatic carbocycles. The van der Waals surface area contributed by atoms with Gasteiger partial charge in [0.05, 0.1) is 11.4 Å². The zero-order valence-corrected chi connectivity index (χ0v) is 9.72. The number of carbonyl (C=O) groups is 1. The van der Waals surface area contributed by atoms with Gasteiger partial charge in [-0.05, 0) is 22.6 Å². The fourth-order valence-corrected chi connectivity index (χ4v) is 1.52. The number of hydrogen-bond donors (Lipinski definition) is 3. The van der Waals surface area contributed by atoms with E-state index in [1.54, 1.807) is 6.07 Å². The number of rotatable bonds is 2. The largest absolute Gasteiger partial charge is 0.508 e. The second-order valence-electron chi connectivity index (χ2n) is 3.27. The average molecular weight is 251 g/mol. The quantitative estimate of drug-likeness (QED) is 0.537. The van der Waals surface area contributed by atoms with Gasteiger partial charge in [0, 0.05) is 13.0 Å². The highest BCUT2D eigenvalue weighted by Gasteiger charge is 2.11. The maximum absolute atomic E-state index is 11.1. The summed E-state index contributed by atoms with van der Waals surface area (Å²) < 4.78 is 1.30. The zero-order chi connectivity index (χ0) is 12.4. The molecule has 0 spiro atoms. The van der Waals surface area contributed by atoms with Crippen molar-refractivity contribution in [2.45, 2.75) is 12.1 Å². The summed E-state index contributed by atoms with van der Waals surface area (Å²) >= 11 is 4.07. The molecule has 17 heavy (non-hydrogen) atoms. The standard InChI is InChI=1S/C9H9N5O2S/c1-5(15)10-7-3-2-6(16)4-8(7)14-9(17)11-12-13-14/h2-4,16H,1H3,(H,10,15)(H,11,13,17). The summed E-state index contributed by atoms with van der Waals surface area (Å²) in [5.41, 5.74) is 0.924. The number of nitrogens with one attached hydrogen (secondary N) is 1. The zero-order valence-electron chi connectivity index (χ0n) is 8.82. The Balaban J connectivity index is 2.54. The van der Waals surface area contributed by atoms with Crippen LogP contribution in [0.25, 0.3) is 5.69 Å². The first kappa shape index (κ1) is 11.4. The minimum atomic E-state index is -0.231. The van der Waals surface area contributed by atoms with E-state index in [4.69, 9.17) is 0 Å². The first-order valence-electron chi connectivity index (χ1n) is 4.66. The Morgan fingerprint density at radius 1 is 1.53 bits per heavy atom. The van der Waals surface area contributed by atoms with E-state index in [1.165, 1.54) is 23.7 Å². The van der Waals surface area contributed by atoms with Crippen molar-refractivity contribution in [2.24, 2.45) is 0 Å². The number of aromatic nitrogens is 4. The summed E-state index contributed by atoms with van der Waals surface area (Å²) in [5, 5.41) is 23.1. The number of thiol groups is 1. The van der Waals surface area contributed by atoms with Gasteiger partial charge < -0.3 is 10.4 Å². The summed E-state index contributed by atoms with van der Waals surface area (Å²) in [7, 11) is 0. The molecule has 88 valence electrons. The topological polar surface area (TPSA) is 92.9 Å². The summed E-state index contributed by atoms with van der Waals surface area (Å²) in [6, 6.07) is 4.44. The molecule has 0 bridgehead atoms. The molecule has 0 saturated heterocycles. The number of benzene rings is 1. The number of nitrogens with zero attached hydrogens (tertiary/aromatic N) is 4. The van der Waals surface area contributed by atoms with Crippen LogP contribution >= 0.6 is 12.6 Å². The van der Waals surface area contributed by atoms with E-state index in [2.05, 4.69) is 33.5 Å². The average Bonchev–Trinajstić information content (AvgIpc) is 2.66. The van der Waals surface area contributed by atoms with Crippen LogP contribution in [0.4, 0.5) is 5.69 Å². The fraction of sp³-hybridized carbons (Fsp3) is 0.111. The smallest absolute Gasteiger partial charge is 0.221 e. The number of hydrogen-bond acceptors (Lipinski definition) is 6. The van der Waals surface area contributed by atoms with Gasteiger partial charge >= 0.3 is 0 Å². The number of amides is 1. The van der Waals surface area contributed by atoms with Crippen LogP contribution in [-0.2, 0) is 4.79 Å². The number of phenols is 1. The number of aromatic hydroxyl groups is 1. The van der Waals surface area contributed by atoms with Gasteiger partial charge in [-0.15, -0.1) is 17.7 Å². The summed E-state index contributed by atoms with van der Waals surface area (Å²) in [6.07, 6.45) is 0. The second-order valence-corrected chi connectivity index (χ2v) is 3.67. The van der Waals surface area contributed by atoms with Gasteiger partial charge in [-0.2, -0.15) is 4.68 Å². The molecule has 1 amide bonds. The normalized spacial score (nSPS) is 10.2. The monoisotopic (exact) mass is 251 g/mol. The lowest BCUT2D eigenvalue weighted by Gasteiger charge is -2.09. The molecule has 0 aliphatic heterocycles. The van der Waals surface area contributed by atoms with Crippen molar-refractivity contribution in [3.05, 3.63) is 18.2 Å².